The zero-order valence-corrected chi connectivity index (χ0v) is 16.6. The Balaban J connectivity index is 1.54. The van der Waals surface area contributed by atoms with Gasteiger partial charge in [-0.2, -0.15) is 15.0 Å². The number of aryl methyl sites for hydroxylation is 1. The number of hydrogen-bond acceptors (Lipinski definition) is 8. The van der Waals surface area contributed by atoms with E-state index in [4.69, 9.17) is 15.2 Å². The van der Waals surface area contributed by atoms with Gasteiger partial charge in [-0.1, -0.05) is 33.6 Å². The Morgan fingerprint density at radius 1 is 1.07 bits per heavy atom. The minimum atomic E-state index is -0.546. The molecule has 0 spiro atoms. The summed E-state index contributed by atoms with van der Waals surface area (Å²) in [6.07, 6.45) is 0. The Hall–Kier alpha value is -3.20. The van der Waals surface area contributed by atoms with Crippen LogP contribution in [0.25, 0.3) is 0 Å². The molecule has 0 atom stereocenters. The van der Waals surface area contributed by atoms with Crippen molar-refractivity contribution >= 4 is 39.5 Å². The zero-order valence-electron chi connectivity index (χ0n) is 15.1. The summed E-state index contributed by atoms with van der Waals surface area (Å²) in [5.74, 6) is 0.554. The Kier molecular flexibility index (Phi) is 6.38. The molecule has 0 aliphatic carbocycles. The van der Waals surface area contributed by atoms with E-state index in [1.165, 1.54) is 0 Å². The first-order valence-corrected chi connectivity index (χ1v) is 9.15. The standard InChI is InChI=1S/C19H18BrN5O3/c1-12-2-6-14(7-3-12)22-19-24-16(23-18(21)25-19)10-28-17(26)11-27-15-8-4-13(20)5-9-15/h2-9H,10-11H2,1H3,(H3,21,22,23,24,25). The van der Waals surface area contributed by atoms with Crippen LogP contribution < -0.4 is 15.8 Å². The highest BCUT2D eigenvalue weighted by molar-refractivity contribution is 9.10. The van der Waals surface area contributed by atoms with Gasteiger partial charge in [-0.25, -0.2) is 4.79 Å². The average Bonchev–Trinajstić information content (AvgIpc) is 2.67. The molecule has 1 aromatic heterocycles. The number of carbonyl (C=O) groups is 1. The van der Waals surface area contributed by atoms with Crippen molar-refractivity contribution in [3.63, 3.8) is 0 Å². The van der Waals surface area contributed by atoms with Gasteiger partial charge in [-0.05, 0) is 43.3 Å². The number of aromatic nitrogens is 3. The predicted molar refractivity (Wildman–Crippen MR) is 108 cm³/mol. The number of halogens is 1. The average molecular weight is 444 g/mol. The topological polar surface area (TPSA) is 112 Å². The van der Waals surface area contributed by atoms with Gasteiger partial charge in [-0.15, -0.1) is 0 Å². The molecule has 8 nitrogen and oxygen atoms in total. The number of nitrogens with two attached hydrogens (primary N) is 1. The lowest BCUT2D eigenvalue weighted by Gasteiger charge is -2.09. The second kappa shape index (κ2) is 9.14. The monoisotopic (exact) mass is 443 g/mol. The molecular formula is C19H18BrN5O3. The van der Waals surface area contributed by atoms with Gasteiger partial charge >= 0.3 is 5.97 Å². The number of nitrogen functional groups attached to an aromatic ring is 1. The number of ether oxygens (including phenoxy) is 2. The van der Waals surface area contributed by atoms with Gasteiger partial charge in [0.1, 0.15) is 5.75 Å². The van der Waals surface area contributed by atoms with Gasteiger partial charge in [0.05, 0.1) is 0 Å². The van der Waals surface area contributed by atoms with Gasteiger partial charge < -0.3 is 20.5 Å². The van der Waals surface area contributed by atoms with Crippen molar-refractivity contribution in [3.05, 3.63) is 64.4 Å². The van der Waals surface area contributed by atoms with E-state index in [1.807, 2.05) is 43.3 Å². The quantitative estimate of drug-likeness (QED) is 0.534. The summed E-state index contributed by atoms with van der Waals surface area (Å²) in [5.41, 5.74) is 7.66. The van der Waals surface area contributed by atoms with Crippen molar-refractivity contribution in [3.8, 4) is 5.75 Å². The van der Waals surface area contributed by atoms with Crippen LogP contribution in [0.2, 0.25) is 0 Å². The normalized spacial score (nSPS) is 10.4. The van der Waals surface area contributed by atoms with E-state index in [0.29, 0.717) is 5.75 Å². The van der Waals surface area contributed by atoms with Crippen molar-refractivity contribution in [1.29, 1.82) is 0 Å². The molecule has 0 aliphatic heterocycles. The molecule has 3 N–H and O–H groups in total. The smallest absolute Gasteiger partial charge is 0.344 e. The van der Waals surface area contributed by atoms with Crippen molar-refractivity contribution in [2.75, 3.05) is 17.7 Å². The van der Waals surface area contributed by atoms with E-state index in [0.717, 1.165) is 15.7 Å². The molecule has 0 saturated carbocycles. The van der Waals surface area contributed by atoms with E-state index in [2.05, 4.69) is 36.2 Å². The number of esters is 1. The van der Waals surface area contributed by atoms with Gasteiger partial charge in [0.15, 0.2) is 19.0 Å². The third-order valence-electron chi connectivity index (χ3n) is 3.54. The lowest BCUT2D eigenvalue weighted by Crippen LogP contribution is -2.16. The van der Waals surface area contributed by atoms with Crippen molar-refractivity contribution in [2.45, 2.75) is 13.5 Å². The van der Waals surface area contributed by atoms with E-state index in [-0.39, 0.29) is 30.9 Å². The van der Waals surface area contributed by atoms with E-state index < -0.39 is 5.97 Å². The minimum absolute atomic E-state index is 0.0294. The molecule has 0 saturated heterocycles. The van der Waals surface area contributed by atoms with Crippen LogP contribution in [-0.2, 0) is 16.1 Å². The number of hydrogen-bond donors (Lipinski definition) is 2. The molecule has 2 aromatic carbocycles. The van der Waals surface area contributed by atoms with Crippen LogP contribution in [0.3, 0.4) is 0 Å². The van der Waals surface area contributed by atoms with Crippen LogP contribution in [-0.4, -0.2) is 27.5 Å². The Morgan fingerprint density at radius 3 is 2.50 bits per heavy atom. The Labute approximate surface area is 170 Å². The molecule has 0 unspecified atom stereocenters. The van der Waals surface area contributed by atoms with Crippen LogP contribution in [0.5, 0.6) is 5.75 Å². The van der Waals surface area contributed by atoms with Gasteiger partial charge in [0, 0.05) is 10.2 Å². The molecule has 0 fully saturated rings. The number of nitrogens with zero attached hydrogens (tertiary/aromatic N) is 3. The van der Waals surface area contributed by atoms with Crippen LogP contribution in [0.4, 0.5) is 17.6 Å². The molecule has 3 aromatic rings. The molecule has 0 aliphatic rings. The highest BCUT2D eigenvalue weighted by Crippen LogP contribution is 2.16. The fraction of sp³-hybridized carbons (Fsp3) is 0.158. The highest BCUT2D eigenvalue weighted by Gasteiger charge is 2.09. The predicted octanol–water partition coefficient (Wildman–Crippen LogP) is 3.39. The first-order valence-electron chi connectivity index (χ1n) is 8.36. The van der Waals surface area contributed by atoms with Crippen LogP contribution in [0, 0.1) is 6.92 Å². The molecule has 144 valence electrons. The molecule has 0 bridgehead atoms. The Morgan fingerprint density at radius 2 is 1.79 bits per heavy atom. The lowest BCUT2D eigenvalue weighted by atomic mass is 10.2. The third-order valence-corrected chi connectivity index (χ3v) is 4.07. The summed E-state index contributed by atoms with van der Waals surface area (Å²) in [6, 6.07) is 14.8. The number of carbonyl (C=O) groups excluding carboxylic acids is 1. The lowest BCUT2D eigenvalue weighted by molar-refractivity contribution is -0.147. The Bertz CT molecular complexity index is 949. The largest absolute Gasteiger partial charge is 0.482 e. The summed E-state index contributed by atoms with van der Waals surface area (Å²) in [6.45, 7) is 1.63. The molecule has 0 amide bonds. The summed E-state index contributed by atoms with van der Waals surface area (Å²) in [4.78, 5) is 24.1. The molecule has 1 heterocycles. The summed E-state index contributed by atoms with van der Waals surface area (Å²) in [5, 5.41) is 3.04. The number of anilines is 3. The maximum atomic E-state index is 11.9. The van der Waals surface area contributed by atoms with Crippen LogP contribution in [0.1, 0.15) is 11.4 Å². The van der Waals surface area contributed by atoms with Crippen molar-refractivity contribution < 1.29 is 14.3 Å². The zero-order chi connectivity index (χ0) is 19.9. The number of benzene rings is 2. The minimum Gasteiger partial charge on any atom is -0.482 e. The van der Waals surface area contributed by atoms with Gasteiger partial charge in [0.2, 0.25) is 11.9 Å². The summed E-state index contributed by atoms with van der Waals surface area (Å²) in [7, 11) is 0. The maximum absolute atomic E-state index is 11.9. The van der Waals surface area contributed by atoms with Gasteiger partial charge in [-0.3, -0.25) is 0 Å². The molecule has 28 heavy (non-hydrogen) atoms. The van der Waals surface area contributed by atoms with Gasteiger partial charge in [0.25, 0.3) is 0 Å². The summed E-state index contributed by atoms with van der Waals surface area (Å²) < 4.78 is 11.4. The fourth-order valence-electron chi connectivity index (χ4n) is 2.18. The molecule has 3 rings (SSSR count). The molecule has 0 radical (unpaired) electrons. The van der Waals surface area contributed by atoms with Crippen molar-refractivity contribution in [2.24, 2.45) is 0 Å². The molecular weight excluding hydrogens is 426 g/mol. The number of nitrogens with one attached hydrogen (secondary N) is 1. The SMILES string of the molecule is Cc1ccc(Nc2nc(N)nc(COC(=O)COc3ccc(Br)cc3)n2)cc1. The third kappa shape index (κ3) is 5.92. The fourth-order valence-corrected chi connectivity index (χ4v) is 2.45. The van der Waals surface area contributed by atoms with Crippen LogP contribution >= 0.6 is 15.9 Å². The second-order valence-electron chi connectivity index (χ2n) is 5.83. The van der Waals surface area contributed by atoms with E-state index >= 15 is 0 Å². The summed E-state index contributed by atoms with van der Waals surface area (Å²) >= 11 is 3.33. The van der Waals surface area contributed by atoms with E-state index in [1.54, 1.807) is 12.1 Å². The van der Waals surface area contributed by atoms with Crippen molar-refractivity contribution in [1.82, 2.24) is 15.0 Å². The second-order valence-corrected chi connectivity index (χ2v) is 6.74. The first-order chi connectivity index (χ1) is 13.5. The molecule has 9 heteroatoms. The highest BCUT2D eigenvalue weighted by atomic mass is 79.9. The maximum Gasteiger partial charge on any atom is 0.344 e. The van der Waals surface area contributed by atoms with E-state index in [9.17, 15) is 4.79 Å². The first kappa shape index (κ1) is 19.6. The number of rotatable bonds is 7. The van der Waals surface area contributed by atoms with Crippen LogP contribution in [0.15, 0.2) is 53.0 Å².